The largest absolute Gasteiger partial charge is 0.379 e. The zero-order chi connectivity index (χ0) is 20.9. The second kappa shape index (κ2) is 9.05. The third kappa shape index (κ3) is 5.22. The maximum Gasteiger partial charge on any atom is 0.240 e. The molecule has 0 bridgehead atoms. The van der Waals surface area contributed by atoms with E-state index in [0.29, 0.717) is 19.6 Å². The number of carbonyl (C=O) groups excluding carboxylic acids is 1. The van der Waals surface area contributed by atoms with Gasteiger partial charge in [0, 0.05) is 28.0 Å². The Kier molecular flexibility index (Phi) is 6.70. The average molecular weight is 409 g/mol. The van der Waals surface area contributed by atoms with Crippen molar-refractivity contribution in [2.24, 2.45) is 5.10 Å². The van der Waals surface area contributed by atoms with Gasteiger partial charge in [-0.1, -0.05) is 86.3 Å². The summed E-state index contributed by atoms with van der Waals surface area (Å²) in [6.07, 6.45) is 1.71. The number of carbonyl (C=O) groups is 1. The minimum Gasteiger partial charge on any atom is -0.379 e. The van der Waals surface area contributed by atoms with E-state index in [2.05, 4.69) is 31.8 Å². The molecule has 5 heteroatoms. The Morgan fingerprint density at radius 1 is 1.07 bits per heavy atom. The second-order valence-corrected chi connectivity index (χ2v) is 14.7. The molecule has 1 unspecified atom stereocenters. The highest BCUT2D eigenvalue weighted by molar-refractivity contribution is 6.76. The predicted molar refractivity (Wildman–Crippen MR) is 122 cm³/mol. The molecule has 0 aromatic heterocycles. The van der Waals surface area contributed by atoms with Crippen molar-refractivity contribution in [3.8, 4) is 0 Å². The van der Waals surface area contributed by atoms with Gasteiger partial charge in [-0.15, -0.1) is 0 Å². The van der Waals surface area contributed by atoms with Crippen molar-refractivity contribution in [3.05, 3.63) is 71.8 Å². The third-order valence-electron chi connectivity index (χ3n) is 5.36. The van der Waals surface area contributed by atoms with E-state index in [0.717, 1.165) is 23.3 Å². The maximum atomic E-state index is 12.6. The number of hydrogen-bond donors (Lipinski definition) is 0. The average Bonchev–Trinajstić information content (AvgIpc) is 3.09. The maximum absolute atomic E-state index is 12.6. The van der Waals surface area contributed by atoms with Gasteiger partial charge in [0.2, 0.25) is 5.91 Å². The molecule has 4 nitrogen and oxygen atoms in total. The molecule has 0 N–H and O–H groups in total. The summed E-state index contributed by atoms with van der Waals surface area (Å²) in [5, 5.41) is 6.40. The molecule has 2 aromatic carbocycles. The number of hydrogen-bond acceptors (Lipinski definition) is 3. The van der Waals surface area contributed by atoms with Crippen molar-refractivity contribution < 1.29 is 9.53 Å². The van der Waals surface area contributed by atoms with Crippen molar-refractivity contribution in [1.29, 1.82) is 0 Å². The summed E-state index contributed by atoms with van der Waals surface area (Å²) in [5.74, 6) is -0.0644. The van der Waals surface area contributed by atoms with E-state index in [1.165, 1.54) is 6.04 Å². The summed E-state index contributed by atoms with van der Waals surface area (Å²) in [6, 6.07) is 21.5. The summed E-state index contributed by atoms with van der Waals surface area (Å²) in [6.45, 7) is 9.89. The molecule has 1 aliphatic rings. The molecule has 1 heterocycles. The Bertz CT molecular complexity index is 846. The van der Waals surface area contributed by atoms with Crippen LogP contribution in [0.25, 0.3) is 0 Å². The van der Waals surface area contributed by atoms with Crippen LogP contribution in [0.5, 0.6) is 0 Å². The van der Waals surface area contributed by atoms with Gasteiger partial charge in [-0.2, -0.15) is 5.10 Å². The van der Waals surface area contributed by atoms with Gasteiger partial charge in [-0.3, -0.25) is 4.79 Å². The van der Waals surface area contributed by atoms with Crippen LogP contribution in [0, 0.1) is 0 Å². The SMILES string of the molecule is CC(=O)N1N=C(c2ccccc2)CC1(COCCC[Si](C)(C)C)c1ccccc1. The fourth-order valence-corrected chi connectivity index (χ4v) is 5.08. The van der Waals surface area contributed by atoms with E-state index in [-0.39, 0.29) is 5.91 Å². The number of ether oxygens (including phenoxy) is 1. The monoisotopic (exact) mass is 408 g/mol. The van der Waals surface area contributed by atoms with Crippen LogP contribution in [0.2, 0.25) is 25.7 Å². The molecule has 2 aromatic rings. The normalized spacial score (nSPS) is 19.3. The molecule has 0 saturated carbocycles. The highest BCUT2D eigenvalue weighted by atomic mass is 28.3. The molecule has 3 rings (SSSR count). The number of hydrazone groups is 1. The molecule has 1 atom stereocenters. The van der Waals surface area contributed by atoms with Crippen LogP contribution in [0.15, 0.2) is 65.8 Å². The highest BCUT2D eigenvalue weighted by Gasteiger charge is 2.46. The molecule has 1 amide bonds. The van der Waals surface area contributed by atoms with E-state index in [1.807, 2.05) is 48.5 Å². The molecule has 1 aliphatic heterocycles. The Morgan fingerprint density at radius 3 is 2.28 bits per heavy atom. The van der Waals surface area contributed by atoms with Gasteiger partial charge in [-0.05, 0) is 17.5 Å². The van der Waals surface area contributed by atoms with E-state index >= 15 is 0 Å². The zero-order valence-corrected chi connectivity index (χ0v) is 19.0. The Morgan fingerprint density at radius 2 is 1.69 bits per heavy atom. The molecule has 0 fully saturated rings. The summed E-state index contributed by atoms with van der Waals surface area (Å²) in [7, 11) is -1.07. The quantitative estimate of drug-likeness (QED) is 0.440. The first kappa shape index (κ1) is 21.5. The molecule has 0 radical (unpaired) electrons. The lowest BCUT2D eigenvalue weighted by Gasteiger charge is -2.36. The highest BCUT2D eigenvalue weighted by Crippen LogP contribution is 2.39. The fraction of sp³-hybridized carbons (Fsp3) is 0.417. The minimum absolute atomic E-state index is 0.0644. The third-order valence-corrected chi connectivity index (χ3v) is 7.21. The standard InChI is InChI=1S/C24H32N2O2Si/c1-20(27)26-24(22-14-9-6-10-15-22,19-28-16-11-17-29(2,3)4)18-23(25-26)21-12-7-5-8-13-21/h5-10,12-15H,11,16-19H2,1-4H3. The number of benzene rings is 2. The van der Waals surface area contributed by atoms with Gasteiger partial charge in [0.1, 0.15) is 5.54 Å². The van der Waals surface area contributed by atoms with Crippen LogP contribution in [0.1, 0.15) is 30.9 Å². The zero-order valence-electron chi connectivity index (χ0n) is 18.0. The number of nitrogens with zero attached hydrogens (tertiary/aromatic N) is 2. The topological polar surface area (TPSA) is 41.9 Å². The van der Waals surface area contributed by atoms with Crippen molar-refractivity contribution in [2.45, 2.75) is 51.0 Å². The van der Waals surface area contributed by atoms with E-state index in [1.54, 1.807) is 11.9 Å². The van der Waals surface area contributed by atoms with Crippen LogP contribution in [-0.2, 0) is 15.1 Å². The number of rotatable bonds is 8. The number of amides is 1. The van der Waals surface area contributed by atoms with Crippen LogP contribution in [0.4, 0.5) is 0 Å². The van der Waals surface area contributed by atoms with E-state index in [9.17, 15) is 4.79 Å². The van der Waals surface area contributed by atoms with Gasteiger partial charge >= 0.3 is 0 Å². The molecule has 29 heavy (non-hydrogen) atoms. The van der Waals surface area contributed by atoms with Gasteiger partial charge in [0.05, 0.1) is 12.3 Å². The lowest BCUT2D eigenvalue weighted by atomic mass is 9.84. The molecule has 154 valence electrons. The summed E-state index contributed by atoms with van der Waals surface area (Å²) in [4.78, 5) is 12.6. The minimum atomic E-state index is -1.07. The van der Waals surface area contributed by atoms with Crippen molar-refractivity contribution >= 4 is 19.7 Å². The molecule has 0 spiro atoms. The summed E-state index contributed by atoms with van der Waals surface area (Å²) in [5.41, 5.74) is 2.44. The predicted octanol–water partition coefficient (Wildman–Crippen LogP) is 5.28. The second-order valence-electron chi connectivity index (χ2n) is 9.03. The smallest absolute Gasteiger partial charge is 0.240 e. The van der Waals surface area contributed by atoms with Gasteiger partial charge in [-0.25, -0.2) is 5.01 Å². The first-order valence-corrected chi connectivity index (χ1v) is 14.1. The van der Waals surface area contributed by atoms with Gasteiger partial charge in [0.15, 0.2) is 0 Å². The molecule has 0 aliphatic carbocycles. The Hall–Kier alpha value is -2.24. The van der Waals surface area contributed by atoms with E-state index < -0.39 is 13.6 Å². The lowest BCUT2D eigenvalue weighted by Crippen LogP contribution is -2.46. The molecular weight excluding hydrogens is 376 g/mol. The van der Waals surface area contributed by atoms with Crippen LogP contribution < -0.4 is 0 Å². The van der Waals surface area contributed by atoms with Crippen molar-refractivity contribution in [3.63, 3.8) is 0 Å². The first-order valence-electron chi connectivity index (χ1n) is 10.4. The molecule has 0 saturated heterocycles. The van der Waals surface area contributed by atoms with E-state index in [4.69, 9.17) is 9.84 Å². The summed E-state index contributed by atoms with van der Waals surface area (Å²) >= 11 is 0. The fourth-order valence-electron chi connectivity index (χ4n) is 3.88. The molecular formula is C24H32N2O2Si. The van der Waals surface area contributed by atoms with Gasteiger partial charge < -0.3 is 4.74 Å². The van der Waals surface area contributed by atoms with Crippen LogP contribution >= 0.6 is 0 Å². The van der Waals surface area contributed by atoms with Crippen LogP contribution in [0.3, 0.4) is 0 Å². The van der Waals surface area contributed by atoms with Crippen LogP contribution in [-0.4, -0.2) is 37.9 Å². The summed E-state index contributed by atoms with van der Waals surface area (Å²) < 4.78 is 6.19. The van der Waals surface area contributed by atoms with Crippen molar-refractivity contribution in [2.75, 3.05) is 13.2 Å². The lowest BCUT2D eigenvalue weighted by molar-refractivity contribution is -0.137. The first-order chi connectivity index (χ1) is 13.8. The van der Waals surface area contributed by atoms with Gasteiger partial charge in [0.25, 0.3) is 0 Å². The van der Waals surface area contributed by atoms with Crippen molar-refractivity contribution in [1.82, 2.24) is 5.01 Å². The Labute approximate surface area is 175 Å². The Balaban J connectivity index is 1.86.